The molecule has 23 heavy (non-hydrogen) atoms. The SMILES string of the molecule is CC(NC(=O)CNC(=O)[C@@H](N)C(C)C)c1ccc(F)c(Cl)c1.Cl. The Morgan fingerprint density at radius 2 is 1.91 bits per heavy atom. The Bertz CT molecular complexity index is 556. The predicted molar refractivity (Wildman–Crippen MR) is 91.0 cm³/mol. The lowest BCUT2D eigenvalue weighted by atomic mass is 10.1. The molecule has 2 atom stereocenters. The van der Waals surface area contributed by atoms with Gasteiger partial charge in [0.15, 0.2) is 0 Å². The average molecular weight is 366 g/mol. The van der Waals surface area contributed by atoms with Gasteiger partial charge in [-0.05, 0) is 30.5 Å². The molecule has 0 aromatic heterocycles. The number of benzene rings is 1. The molecular weight excluding hydrogens is 344 g/mol. The van der Waals surface area contributed by atoms with E-state index < -0.39 is 11.9 Å². The second-order valence-corrected chi connectivity index (χ2v) is 5.86. The zero-order chi connectivity index (χ0) is 16.9. The summed E-state index contributed by atoms with van der Waals surface area (Å²) in [6.07, 6.45) is 0. The van der Waals surface area contributed by atoms with Crippen LogP contribution in [0.25, 0.3) is 0 Å². The molecule has 1 aromatic rings. The van der Waals surface area contributed by atoms with Gasteiger partial charge in [-0.15, -0.1) is 12.4 Å². The smallest absolute Gasteiger partial charge is 0.239 e. The van der Waals surface area contributed by atoms with E-state index in [0.717, 1.165) is 0 Å². The third-order valence-electron chi connectivity index (χ3n) is 3.27. The molecule has 0 aliphatic carbocycles. The molecule has 1 unspecified atom stereocenters. The minimum absolute atomic E-state index is 0. The summed E-state index contributed by atoms with van der Waals surface area (Å²) in [4.78, 5) is 23.5. The van der Waals surface area contributed by atoms with E-state index in [1.807, 2.05) is 13.8 Å². The van der Waals surface area contributed by atoms with Gasteiger partial charge < -0.3 is 16.4 Å². The van der Waals surface area contributed by atoms with Crippen molar-refractivity contribution in [3.8, 4) is 0 Å². The molecule has 5 nitrogen and oxygen atoms in total. The van der Waals surface area contributed by atoms with Crippen LogP contribution in [0.3, 0.4) is 0 Å². The normalized spacial score (nSPS) is 13.0. The Labute approximate surface area is 146 Å². The van der Waals surface area contributed by atoms with Crippen molar-refractivity contribution in [2.75, 3.05) is 6.54 Å². The lowest BCUT2D eigenvalue weighted by Crippen LogP contribution is -2.47. The minimum Gasteiger partial charge on any atom is -0.348 e. The minimum atomic E-state index is -0.652. The van der Waals surface area contributed by atoms with Crippen LogP contribution in [0.15, 0.2) is 18.2 Å². The standard InChI is InChI=1S/C15H21ClFN3O2.ClH/c1-8(2)14(18)15(22)19-7-13(21)20-9(3)10-4-5-12(17)11(16)6-10;/h4-6,8-9,14H,7,18H2,1-3H3,(H,19,22)(H,20,21);1H/t9?,14-;/m0./s1. The highest BCUT2D eigenvalue weighted by atomic mass is 35.5. The van der Waals surface area contributed by atoms with Gasteiger partial charge in [-0.2, -0.15) is 0 Å². The van der Waals surface area contributed by atoms with Gasteiger partial charge in [-0.25, -0.2) is 4.39 Å². The van der Waals surface area contributed by atoms with E-state index in [-0.39, 0.29) is 47.7 Å². The van der Waals surface area contributed by atoms with E-state index in [9.17, 15) is 14.0 Å². The summed E-state index contributed by atoms with van der Waals surface area (Å²) in [6, 6.07) is 3.22. The molecule has 0 spiro atoms. The highest BCUT2D eigenvalue weighted by Gasteiger charge is 2.18. The lowest BCUT2D eigenvalue weighted by Gasteiger charge is -2.17. The quantitative estimate of drug-likeness (QED) is 0.722. The molecule has 1 rings (SSSR count). The van der Waals surface area contributed by atoms with Crippen molar-refractivity contribution < 1.29 is 14.0 Å². The Kier molecular flexibility index (Phi) is 9.12. The second kappa shape index (κ2) is 9.70. The Morgan fingerprint density at radius 3 is 2.43 bits per heavy atom. The Balaban J connectivity index is 0.00000484. The predicted octanol–water partition coefficient (Wildman–Crippen LogP) is 2.18. The maximum Gasteiger partial charge on any atom is 0.239 e. The second-order valence-electron chi connectivity index (χ2n) is 5.45. The third-order valence-corrected chi connectivity index (χ3v) is 3.55. The fraction of sp³-hybridized carbons (Fsp3) is 0.467. The number of nitrogens with one attached hydrogen (secondary N) is 2. The molecule has 4 N–H and O–H groups in total. The topological polar surface area (TPSA) is 84.2 Å². The molecule has 0 bridgehead atoms. The summed E-state index contributed by atoms with van der Waals surface area (Å²) >= 11 is 5.70. The van der Waals surface area contributed by atoms with Crippen molar-refractivity contribution in [2.24, 2.45) is 11.7 Å². The van der Waals surface area contributed by atoms with Gasteiger partial charge in [-0.1, -0.05) is 31.5 Å². The van der Waals surface area contributed by atoms with Crippen LogP contribution in [0.5, 0.6) is 0 Å². The molecule has 0 radical (unpaired) electrons. The van der Waals surface area contributed by atoms with Crippen molar-refractivity contribution >= 4 is 35.8 Å². The van der Waals surface area contributed by atoms with Gasteiger partial charge in [0.25, 0.3) is 0 Å². The number of halogens is 3. The molecule has 0 fully saturated rings. The lowest BCUT2D eigenvalue weighted by molar-refractivity contribution is -0.127. The molecule has 130 valence electrons. The van der Waals surface area contributed by atoms with E-state index in [1.165, 1.54) is 12.1 Å². The number of hydrogen-bond acceptors (Lipinski definition) is 3. The van der Waals surface area contributed by atoms with Crippen LogP contribution in [0.4, 0.5) is 4.39 Å². The van der Waals surface area contributed by atoms with E-state index in [0.29, 0.717) is 5.56 Å². The highest BCUT2D eigenvalue weighted by Crippen LogP contribution is 2.20. The molecule has 0 saturated heterocycles. The third kappa shape index (κ3) is 6.72. The monoisotopic (exact) mass is 365 g/mol. The zero-order valence-electron chi connectivity index (χ0n) is 13.2. The van der Waals surface area contributed by atoms with E-state index in [2.05, 4.69) is 10.6 Å². The van der Waals surface area contributed by atoms with Crippen LogP contribution in [0, 0.1) is 11.7 Å². The van der Waals surface area contributed by atoms with Gasteiger partial charge in [-0.3, -0.25) is 9.59 Å². The number of carbonyl (C=O) groups excluding carboxylic acids is 2. The van der Waals surface area contributed by atoms with E-state index in [1.54, 1.807) is 13.0 Å². The van der Waals surface area contributed by atoms with E-state index >= 15 is 0 Å². The fourth-order valence-corrected chi connectivity index (χ4v) is 1.93. The van der Waals surface area contributed by atoms with Crippen LogP contribution < -0.4 is 16.4 Å². The Morgan fingerprint density at radius 1 is 1.30 bits per heavy atom. The summed E-state index contributed by atoms with van der Waals surface area (Å²) in [6.45, 7) is 5.22. The Hall–Kier alpha value is -1.37. The first-order chi connectivity index (χ1) is 10.2. The molecule has 0 saturated carbocycles. The largest absolute Gasteiger partial charge is 0.348 e. The summed E-state index contributed by atoms with van der Waals surface area (Å²) in [5, 5.41) is 5.16. The summed E-state index contributed by atoms with van der Waals surface area (Å²) in [5.41, 5.74) is 6.35. The first-order valence-electron chi connectivity index (χ1n) is 7.00. The van der Waals surface area contributed by atoms with Crippen LogP contribution in [0.1, 0.15) is 32.4 Å². The molecule has 8 heteroatoms. The van der Waals surface area contributed by atoms with Crippen molar-refractivity contribution in [3.05, 3.63) is 34.6 Å². The molecule has 0 aliphatic heterocycles. The van der Waals surface area contributed by atoms with Crippen LogP contribution in [-0.2, 0) is 9.59 Å². The zero-order valence-corrected chi connectivity index (χ0v) is 14.8. The van der Waals surface area contributed by atoms with Crippen molar-refractivity contribution in [1.82, 2.24) is 10.6 Å². The number of hydrogen-bond donors (Lipinski definition) is 3. The van der Waals surface area contributed by atoms with E-state index in [4.69, 9.17) is 17.3 Å². The number of rotatable bonds is 6. The first-order valence-corrected chi connectivity index (χ1v) is 7.37. The van der Waals surface area contributed by atoms with Gasteiger partial charge in [0, 0.05) is 0 Å². The van der Waals surface area contributed by atoms with Crippen molar-refractivity contribution in [1.29, 1.82) is 0 Å². The van der Waals surface area contributed by atoms with Crippen LogP contribution in [-0.4, -0.2) is 24.4 Å². The molecule has 1 aromatic carbocycles. The van der Waals surface area contributed by atoms with Crippen molar-refractivity contribution in [3.63, 3.8) is 0 Å². The number of carbonyl (C=O) groups is 2. The maximum atomic E-state index is 13.1. The highest BCUT2D eigenvalue weighted by molar-refractivity contribution is 6.30. The number of nitrogens with two attached hydrogens (primary N) is 1. The average Bonchev–Trinajstić information content (AvgIpc) is 2.46. The van der Waals surface area contributed by atoms with Crippen LogP contribution in [0.2, 0.25) is 5.02 Å². The van der Waals surface area contributed by atoms with Crippen LogP contribution >= 0.6 is 24.0 Å². The summed E-state index contributed by atoms with van der Waals surface area (Å²) < 4.78 is 13.1. The maximum absolute atomic E-state index is 13.1. The molecular formula is C15H22Cl2FN3O2. The van der Waals surface area contributed by atoms with Crippen molar-refractivity contribution in [2.45, 2.75) is 32.9 Å². The van der Waals surface area contributed by atoms with Gasteiger partial charge in [0.1, 0.15) is 5.82 Å². The fourth-order valence-electron chi connectivity index (χ4n) is 1.75. The number of amides is 2. The molecule has 0 aliphatic rings. The van der Waals surface area contributed by atoms with Gasteiger partial charge >= 0.3 is 0 Å². The van der Waals surface area contributed by atoms with Gasteiger partial charge in [0.2, 0.25) is 11.8 Å². The summed E-state index contributed by atoms with van der Waals surface area (Å²) in [7, 11) is 0. The first kappa shape index (κ1) is 21.6. The molecule has 0 heterocycles. The summed E-state index contributed by atoms with van der Waals surface area (Å²) in [5.74, 6) is -1.26. The molecule has 2 amide bonds. The van der Waals surface area contributed by atoms with Gasteiger partial charge in [0.05, 0.1) is 23.7 Å².